The fourth-order valence-corrected chi connectivity index (χ4v) is 6.87. The van der Waals surface area contributed by atoms with Crippen molar-refractivity contribution in [3.05, 3.63) is 143 Å². The maximum Gasteiger partial charge on any atom is 0.520 e. The monoisotopic (exact) mass is 722 g/mol. The van der Waals surface area contributed by atoms with Crippen molar-refractivity contribution in [1.82, 2.24) is 4.48 Å². The van der Waals surface area contributed by atoms with Gasteiger partial charge in [0.05, 0.1) is 5.57 Å². The van der Waals surface area contributed by atoms with Gasteiger partial charge in [0.25, 0.3) is 0 Å². The van der Waals surface area contributed by atoms with Crippen LogP contribution in [0.25, 0.3) is 5.57 Å². The van der Waals surface area contributed by atoms with Gasteiger partial charge in [0.2, 0.25) is 0 Å². The summed E-state index contributed by atoms with van der Waals surface area (Å²) in [4.78, 5) is 0. The maximum atomic E-state index is 3.77. The first-order valence-corrected chi connectivity index (χ1v) is 15.8. The summed E-state index contributed by atoms with van der Waals surface area (Å²) in [6, 6.07) is 27.2. The Morgan fingerprint density at radius 3 is 1.68 bits per heavy atom. The van der Waals surface area contributed by atoms with Gasteiger partial charge in [-0.25, -0.2) is 0 Å². The summed E-state index contributed by atoms with van der Waals surface area (Å²) in [6.07, 6.45) is 0.342. The van der Waals surface area contributed by atoms with Gasteiger partial charge in [-0.15, -0.1) is 11.8 Å². The molecule has 4 aromatic rings. The second-order valence-electron chi connectivity index (χ2n) is 10.6. The Labute approximate surface area is 267 Å². The number of fused-ring (bicyclic) bond motifs is 2. The standard InChI is InChI=1S/C35H26BBr3N2/c1-23-21-25(3)40-34(23)33(29-9-15-32(39)16-10-29)35-24(2)22-26(4)41(35)36(40,19-17-27-5-11-30(37)12-6-27)20-18-28-7-13-31(38)14-8-28/h5-16,21-22H,1-4H3. The van der Waals surface area contributed by atoms with Gasteiger partial charge in [0.15, 0.2) is 5.70 Å². The molecule has 1 aromatic heterocycles. The van der Waals surface area contributed by atoms with Gasteiger partial charge in [-0.1, -0.05) is 59.9 Å². The molecule has 6 rings (SSSR count). The van der Waals surface area contributed by atoms with Gasteiger partial charge in [0, 0.05) is 48.8 Å². The zero-order chi connectivity index (χ0) is 28.9. The Bertz CT molecular complexity index is 1870. The number of nitrogens with zero attached hydrogens (tertiary/aromatic N) is 2. The molecule has 0 fully saturated rings. The lowest BCUT2D eigenvalue weighted by molar-refractivity contribution is -0.329. The zero-order valence-electron chi connectivity index (χ0n) is 23.2. The van der Waals surface area contributed by atoms with E-state index in [-0.39, 0.29) is 0 Å². The van der Waals surface area contributed by atoms with E-state index in [0.717, 1.165) is 36.0 Å². The first-order valence-electron chi connectivity index (χ1n) is 13.4. The molecule has 0 saturated heterocycles. The lowest BCUT2D eigenvalue weighted by Crippen LogP contribution is -2.57. The predicted octanol–water partition coefficient (Wildman–Crippen LogP) is 9.07. The third-order valence-electron chi connectivity index (χ3n) is 7.72. The van der Waals surface area contributed by atoms with E-state index in [9.17, 15) is 0 Å². The van der Waals surface area contributed by atoms with Crippen LogP contribution in [0, 0.1) is 37.3 Å². The molecule has 3 heterocycles. The van der Waals surface area contributed by atoms with E-state index in [4.69, 9.17) is 0 Å². The summed E-state index contributed by atoms with van der Waals surface area (Å²) in [5, 5.41) is 0. The molecule has 41 heavy (non-hydrogen) atoms. The van der Waals surface area contributed by atoms with Crippen molar-refractivity contribution in [1.29, 1.82) is 0 Å². The van der Waals surface area contributed by atoms with E-state index in [0.29, 0.717) is 0 Å². The van der Waals surface area contributed by atoms with E-state index in [1.54, 1.807) is 0 Å². The molecule has 0 saturated carbocycles. The second kappa shape index (κ2) is 10.8. The molecule has 2 aliphatic heterocycles. The number of hydrogen-bond acceptors (Lipinski definition) is 0. The van der Waals surface area contributed by atoms with Crippen LogP contribution in [-0.4, -0.2) is 21.1 Å². The summed E-state index contributed by atoms with van der Waals surface area (Å²) < 4.78 is 7.93. The highest BCUT2D eigenvalue weighted by Gasteiger charge is 2.50. The molecular weight excluding hydrogens is 699 g/mol. The molecule has 0 radical (unpaired) electrons. The minimum atomic E-state index is -1.93. The largest absolute Gasteiger partial charge is 0.520 e. The van der Waals surface area contributed by atoms with Crippen LogP contribution in [0.3, 0.4) is 0 Å². The average molecular weight is 725 g/mol. The number of aryl methyl sites for hydroxylation is 2. The summed E-state index contributed by atoms with van der Waals surface area (Å²) in [5.41, 5.74) is 11.3. The average Bonchev–Trinajstić information content (AvgIpc) is 3.43. The Balaban J connectivity index is 1.72. The quantitative estimate of drug-likeness (QED) is 0.137. The molecule has 0 amide bonds. The molecule has 0 unspecified atom stereocenters. The SMILES string of the molecule is CC1=CC(C)=[N+]2C1=C(c1ccc(Br)cc1)c1c(C)cc(C)n1[B-]2(C#Cc1ccc(Br)cc1)C#Cc1ccc(Br)cc1. The Hall–Kier alpha value is -3.29. The van der Waals surface area contributed by atoms with Crippen LogP contribution in [-0.2, 0) is 0 Å². The van der Waals surface area contributed by atoms with Crippen LogP contribution in [0.2, 0.25) is 0 Å². The molecular formula is C35H26BBr3N2. The number of halogens is 3. The van der Waals surface area contributed by atoms with Crippen LogP contribution in [0.1, 0.15) is 47.5 Å². The van der Waals surface area contributed by atoms with Crippen molar-refractivity contribution in [3.63, 3.8) is 0 Å². The van der Waals surface area contributed by atoms with Crippen molar-refractivity contribution >= 4 is 65.5 Å². The maximum absolute atomic E-state index is 3.77. The normalized spacial score (nSPS) is 15.0. The summed E-state index contributed by atoms with van der Waals surface area (Å²) >= 11 is 10.7. The highest BCUT2D eigenvalue weighted by atomic mass is 79.9. The lowest BCUT2D eigenvalue weighted by Gasteiger charge is -2.39. The number of benzene rings is 3. The summed E-state index contributed by atoms with van der Waals surface area (Å²) in [6.45, 7) is 8.74. The van der Waals surface area contributed by atoms with Crippen molar-refractivity contribution in [2.45, 2.75) is 27.7 Å². The van der Waals surface area contributed by atoms with Crippen LogP contribution in [0.5, 0.6) is 0 Å². The molecule has 0 bridgehead atoms. The van der Waals surface area contributed by atoms with Crippen LogP contribution in [0.4, 0.5) is 0 Å². The van der Waals surface area contributed by atoms with Gasteiger partial charge >= 0.3 is 6.42 Å². The molecule has 0 N–H and O–H groups in total. The predicted molar refractivity (Wildman–Crippen MR) is 182 cm³/mol. The number of hydrogen-bond donors (Lipinski definition) is 0. The van der Waals surface area contributed by atoms with Crippen LogP contribution < -0.4 is 0 Å². The number of aromatic nitrogens is 1. The number of rotatable bonds is 1. The van der Waals surface area contributed by atoms with E-state index >= 15 is 0 Å². The molecule has 0 spiro atoms. The van der Waals surface area contributed by atoms with Crippen molar-refractivity contribution in [2.75, 3.05) is 0 Å². The molecule has 0 atom stereocenters. The summed E-state index contributed by atoms with van der Waals surface area (Å²) in [7, 11) is 0. The fourth-order valence-electron chi connectivity index (χ4n) is 6.08. The molecule has 6 heteroatoms. The van der Waals surface area contributed by atoms with Crippen molar-refractivity contribution in [2.24, 2.45) is 0 Å². The first kappa shape index (κ1) is 27.9. The van der Waals surface area contributed by atoms with Gasteiger partial charge in [-0.2, -0.15) is 11.6 Å². The lowest BCUT2D eigenvalue weighted by atomic mass is 9.44. The topological polar surface area (TPSA) is 7.94 Å². The third kappa shape index (κ3) is 4.93. The van der Waals surface area contributed by atoms with Crippen LogP contribution >= 0.6 is 47.8 Å². The molecule has 2 nitrogen and oxygen atoms in total. The van der Waals surface area contributed by atoms with E-state index < -0.39 is 6.42 Å². The fraction of sp³-hybridized carbons (Fsp3) is 0.114. The van der Waals surface area contributed by atoms with Crippen LogP contribution in [0.15, 0.2) is 110 Å². The zero-order valence-corrected chi connectivity index (χ0v) is 27.9. The van der Waals surface area contributed by atoms with Gasteiger partial charge in [0.1, 0.15) is 5.71 Å². The van der Waals surface area contributed by atoms with Gasteiger partial charge in [-0.05, 0) is 104 Å². The Morgan fingerprint density at radius 1 is 0.683 bits per heavy atom. The second-order valence-corrected chi connectivity index (χ2v) is 13.3. The highest BCUT2D eigenvalue weighted by Crippen LogP contribution is 2.43. The Morgan fingerprint density at radius 2 is 1.17 bits per heavy atom. The molecule has 200 valence electrons. The van der Waals surface area contributed by atoms with Crippen molar-refractivity contribution in [3.8, 4) is 23.5 Å². The summed E-state index contributed by atoms with van der Waals surface area (Å²) in [5.74, 6) is 14.6. The highest BCUT2D eigenvalue weighted by molar-refractivity contribution is 9.11. The molecule has 0 aliphatic carbocycles. The van der Waals surface area contributed by atoms with E-state index in [2.05, 4.69) is 169 Å². The molecule has 2 aliphatic rings. The minimum Gasteiger partial charge on any atom is -0.435 e. The smallest absolute Gasteiger partial charge is 0.435 e. The number of allylic oxidation sites excluding steroid dienone is 2. The third-order valence-corrected chi connectivity index (χ3v) is 9.30. The van der Waals surface area contributed by atoms with Gasteiger partial charge < -0.3 is 8.96 Å². The first-order chi connectivity index (χ1) is 19.7. The van der Waals surface area contributed by atoms with Gasteiger partial charge in [-0.3, -0.25) is 0 Å². The Kier molecular flexibility index (Phi) is 7.37. The van der Waals surface area contributed by atoms with E-state index in [1.807, 2.05) is 24.3 Å². The van der Waals surface area contributed by atoms with Crippen molar-refractivity contribution < 1.29 is 4.49 Å². The molecule has 3 aromatic carbocycles. The van der Waals surface area contributed by atoms with E-state index in [1.165, 1.54) is 33.7 Å². The minimum absolute atomic E-state index is 0.953.